The average molecular weight is 459 g/mol. The van der Waals surface area contributed by atoms with Gasteiger partial charge in [0.25, 0.3) is 0 Å². The molecule has 1 aromatic heterocycles. The van der Waals surface area contributed by atoms with Gasteiger partial charge in [-0.1, -0.05) is 16.4 Å². The van der Waals surface area contributed by atoms with Crippen LogP contribution in [-0.2, 0) is 9.68 Å². The summed E-state index contributed by atoms with van der Waals surface area (Å²) in [6, 6.07) is 2.79. The van der Waals surface area contributed by atoms with Gasteiger partial charge in [0.15, 0.2) is 0 Å². The van der Waals surface area contributed by atoms with Crippen LogP contribution in [0.15, 0.2) is 50.1 Å². The molecule has 0 saturated heterocycles. The molecular formula is C18H25N11O4. The van der Waals surface area contributed by atoms with Crippen molar-refractivity contribution in [1.29, 1.82) is 0 Å². The van der Waals surface area contributed by atoms with E-state index >= 15 is 0 Å². The molecule has 15 heteroatoms. The largest absolute Gasteiger partial charge is 0.399 e. The highest BCUT2D eigenvalue weighted by Gasteiger charge is 2.22. The number of nitrogens with two attached hydrogens (primary N) is 1. The summed E-state index contributed by atoms with van der Waals surface area (Å²) in [5, 5.41) is 21.5. The quantitative estimate of drug-likeness (QED) is 0.234. The molecule has 0 atom stereocenters. The molecule has 0 aliphatic carbocycles. The summed E-state index contributed by atoms with van der Waals surface area (Å²) >= 11 is 0. The monoisotopic (exact) mass is 459 g/mol. The Morgan fingerprint density at radius 3 is 2.21 bits per heavy atom. The normalized spacial score (nSPS) is 16.9. The maximum Gasteiger partial charge on any atom is 0.358 e. The number of aromatic nitrogens is 1. The first-order chi connectivity index (χ1) is 15.8. The number of nitrogens with one attached hydrogen (secondary N) is 2. The zero-order chi connectivity index (χ0) is 24.2. The van der Waals surface area contributed by atoms with Crippen molar-refractivity contribution in [3.05, 3.63) is 30.1 Å². The van der Waals surface area contributed by atoms with Gasteiger partial charge in [0, 0.05) is 18.0 Å². The minimum Gasteiger partial charge on any atom is -0.399 e. The van der Waals surface area contributed by atoms with E-state index in [1.807, 2.05) is 6.07 Å². The zero-order valence-corrected chi connectivity index (χ0v) is 18.6. The molecule has 0 aromatic carbocycles. The molecule has 4 N–H and O–H groups in total. The summed E-state index contributed by atoms with van der Waals surface area (Å²) in [5.41, 5.74) is 7.71. The van der Waals surface area contributed by atoms with Gasteiger partial charge in [-0.2, -0.15) is 15.3 Å². The van der Waals surface area contributed by atoms with Gasteiger partial charge in [-0.15, -0.1) is 0 Å². The summed E-state index contributed by atoms with van der Waals surface area (Å²) < 4.78 is 0. The highest BCUT2D eigenvalue weighted by Crippen LogP contribution is 2.02. The number of hydrogen-bond acceptors (Lipinski definition) is 11. The predicted octanol–water partition coefficient (Wildman–Crippen LogP) is 0.0826. The van der Waals surface area contributed by atoms with Gasteiger partial charge in [-0.3, -0.25) is 9.99 Å². The number of oxime groups is 2. The van der Waals surface area contributed by atoms with E-state index in [1.54, 1.807) is 38.5 Å². The molecule has 176 valence electrons. The number of nitrogens with zero attached hydrogens (tertiary/aromatic N) is 8. The van der Waals surface area contributed by atoms with E-state index < -0.39 is 12.1 Å². The number of pyridine rings is 1. The summed E-state index contributed by atoms with van der Waals surface area (Å²) in [6.07, 6.45) is 4.87. The van der Waals surface area contributed by atoms with Crippen LogP contribution in [0.1, 0.15) is 19.4 Å². The maximum absolute atomic E-state index is 11.6. The molecule has 3 rings (SSSR count). The molecule has 0 bridgehead atoms. The minimum atomic E-state index is -0.436. The molecule has 2 aliphatic rings. The second-order valence-electron chi connectivity index (χ2n) is 6.39. The molecule has 0 spiro atoms. The van der Waals surface area contributed by atoms with Gasteiger partial charge < -0.3 is 9.68 Å². The molecule has 0 fully saturated rings. The van der Waals surface area contributed by atoms with E-state index in [0.29, 0.717) is 22.8 Å². The first-order valence-corrected chi connectivity index (χ1v) is 9.48. The van der Waals surface area contributed by atoms with Gasteiger partial charge in [0.2, 0.25) is 0 Å². The van der Waals surface area contributed by atoms with Crippen molar-refractivity contribution in [2.75, 3.05) is 27.3 Å². The van der Waals surface area contributed by atoms with Crippen molar-refractivity contribution in [2.24, 2.45) is 31.5 Å². The van der Waals surface area contributed by atoms with Crippen LogP contribution in [0.3, 0.4) is 0 Å². The van der Waals surface area contributed by atoms with E-state index in [4.69, 9.17) is 5.84 Å². The SMILES string of the molecule is CO/N=C(\C)C1=NNC(=O)N(/N=C/c2cccnc2)C1.CO/N=C(\C)C1=NNC(=O)N(N)C1. The Morgan fingerprint density at radius 1 is 1.06 bits per heavy atom. The fourth-order valence-corrected chi connectivity index (χ4v) is 2.32. The molecule has 15 nitrogen and oxygen atoms in total. The molecule has 4 amide bonds. The lowest BCUT2D eigenvalue weighted by Crippen LogP contribution is -2.51. The second-order valence-corrected chi connectivity index (χ2v) is 6.39. The first-order valence-electron chi connectivity index (χ1n) is 9.48. The standard InChI is InChI=1S/C12H14N6O2.C6H11N5O2/c1-9(17-20-2)11-8-18(12(19)16-15-11)14-7-10-4-3-5-13-6-10;1-4(10-13-2)5-3-11(7)6(12)9-8-5/h3-7H,8H2,1-2H3,(H,16,19);3,7H2,1-2H3,(H,9,12)/b14-7+,17-9+;10-4+. The second kappa shape index (κ2) is 12.5. The summed E-state index contributed by atoms with van der Waals surface area (Å²) in [5.74, 6) is 5.35. The molecule has 2 aliphatic heterocycles. The van der Waals surface area contributed by atoms with Gasteiger partial charge >= 0.3 is 12.1 Å². The number of hydrazine groups is 1. The van der Waals surface area contributed by atoms with E-state index in [9.17, 15) is 9.59 Å². The Labute approximate surface area is 189 Å². The van der Waals surface area contributed by atoms with Crippen molar-refractivity contribution in [1.82, 2.24) is 25.9 Å². The number of hydrazone groups is 3. The average Bonchev–Trinajstić information content (AvgIpc) is 2.81. The minimum absolute atomic E-state index is 0.224. The van der Waals surface area contributed by atoms with Gasteiger partial charge in [-0.05, 0) is 19.9 Å². The summed E-state index contributed by atoms with van der Waals surface area (Å²) in [6.45, 7) is 3.91. The van der Waals surface area contributed by atoms with Crippen LogP contribution in [0.5, 0.6) is 0 Å². The van der Waals surface area contributed by atoms with Crippen LogP contribution in [-0.4, -0.2) is 83.4 Å². The van der Waals surface area contributed by atoms with Crippen molar-refractivity contribution in [2.45, 2.75) is 13.8 Å². The number of urea groups is 2. The Morgan fingerprint density at radius 2 is 1.67 bits per heavy atom. The van der Waals surface area contributed by atoms with E-state index in [1.165, 1.54) is 19.2 Å². The van der Waals surface area contributed by atoms with E-state index in [-0.39, 0.29) is 13.1 Å². The third kappa shape index (κ3) is 7.66. The van der Waals surface area contributed by atoms with Gasteiger partial charge in [0.1, 0.15) is 37.1 Å². The summed E-state index contributed by atoms with van der Waals surface area (Å²) in [7, 11) is 2.88. The summed E-state index contributed by atoms with van der Waals surface area (Å²) in [4.78, 5) is 35.7. The van der Waals surface area contributed by atoms with Crippen molar-refractivity contribution in [3.8, 4) is 0 Å². The van der Waals surface area contributed by atoms with Crippen LogP contribution in [0.2, 0.25) is 0 Å². The highest BCUT2D eigenvalue weighted by atomic mass is 16.6. The molecule has 0 unspecified atom stereocenters. The van der Waals surface area contributed by atoms with Crippen LogP contribution in [0, 0.1) is 0 Å². The lowest BCUT2D eigenvalue weighted by molar-refractivity contribution is 0.202. The zero-order valence-electron chi connectivity index (χ0n) is 18.6. The van der Waals surface area contributed by atoms with Crippen LogP contribution >= 0.6 is 0 Å². The number of amides is 4. The fourth-order valence-electron chi connectivity index (χ4n) is 2.32. The predicted molar refractivity (Wildman–Crippen MR) is 122 cm³/mol. The van der Waals surface area contributed by atoms with Gasteiger partial charge in [0.05, 0.1) is 19.3 Å². The van der Waals surface area contributed by atoms with Gasteiger partial charge in [-0.25, -0.2) is 31.3 Å². The molecule has 33 heavy (non-hydrogen) atoms. The number of carbonyl (C=O) groups is 2. The molecule has 0 radical (unpaired) electrons. The third-order valence-corrected chi connectivity index (χ3v) is 4.01. The molecule has 3 heterocycles. The van der Waals surface area contributed by atoms with E-state index in [0.717, 1.165) is 10.6 Å². The Balaban J connectivity index is 0.000000257. The van der Waals surface area contributed by atoms with E-state index in [2.05, 4.69) is 51.1 Å². The topological polar surface area (TPSA) is 184 Å². The van der Waals surface area contributed by atoms with Crippen LogP contribution in [0.25, 0.3) is 0 Å². The van der Waals surface area contributed by atoms with Crippen molar-refractivity contribution >= 4 is 41.1 Å². The first kappa shape index (κ1) is 24.9. The van der Waals surface area contributed by atoms with Crippen LogP contribution < -0.4 is 16.7 Å². The Bertz CT molecular complexity index is 988. The number of hydrogen-bond donors (Lipinski definition) is 3. The number of rotatable bonds is 6. The lowest BCUT2D eigenvalue weighted by atomic mass is 10.2. The molecule has 1 aromatic rings. The fraction of sp³-hybridized carbons (Fsp3) is 0.333. The highest BCUT2D eigenvalue weighted by molar-refractivity contribution is 6.43. The lowest BCUT2D eigenvalue weighted by Gasteiger charge is -2.21. The Hall–Kier alpha value is -4.40. The van der Waals surface area contributed by atoms with Crippen molar-refractivity contribution < 1.29 is 19.3 Å². The molecular weight excluding hydrogens is 434 g/mol. The smallest absolute Gasteiger partial charge is 0.358 e. The maximum atomic E-state index is 11.6. The van der Waals surface area contributed by atoms with Crippen molar-refractivity contribution in [3.63, 3.8) is 0 Å². The third-order valence-electron chi connectivity index (χ3n) is 4.01. The number of carbonyl (C=O) groups excluding carboxylic acids is 2. The molecule has 0 saturated carbocycles. The van der Waals surface area contributed by atoms with Crippen LogP contribution in [0.4, 0.5) is 9.59 Å². The Kier molecular flexibility index (Phi) is 9.38.